The van der Waals surface area contributed by atoms with E-state index in [0.717, 1.165) is 34.2 Å². The van der Waals surface area contributed by atoms with Gasteiger partial charge in [-0.15, -0.1) is 11.3 Å². The molecule has 0 saturated heterocycles. The predicted molar refractivity (Wildman–Crippen MR) is 102 cm³/mol. The maximum absolute atomic E-state index is 13.9. The minimum Gasteiger partial charge on any atom is -0.323 e. The van der Waals surface area contributed by atoms with Crippen molar-refractivity contribution >= 4 is 22.9 Å². The van der Waals surface area contributed by atoms with Gasteiger partial charge in [0.1, 0.15) is 5.82 Å². The first-order valence-corrected chi connectivity index (χ1v) is 9.52. The van der Waals surface area contributed by atoms with Crippen molar-refractivity contribution in [3.63, 3.8) is 0 Å². The lowest BCUT2D eigenvalue weighted by molar-refractivity contribution is -0.118. The van der Waals surface area contributed by atoms with Crippen LogP contribution >= 0.6 is 11.3 Å². The van der Waals surface area contributed by atoms with Gasteiger partial charge in [0.15, 0.2) is 0 Å². The first-order chi connectivity index (χ1) is 13.0. The smallest absolute Gasteiger partial charge is 0.234 e. The molecule has 0 saturated carbocycles. The number of benzene rings is 1. The number of para-hydroxylation sites is 1. The largest absolute Gasteiger partial charge is 0.323 e. The molecule has 1 aliphatic rings. The minimum absolute atomic E-state index is 0.190. The zero-order chi connectivity index (χ0) is 19.0. The Hall–Kier alpha value is -2.58. The molecule has 1 aliphatic heterocycles. The molecule has 6 nitrogen and oxygen atoms in total. The molecule has 3 heterocycles. The number of nitrogens with one attached hydrogen (secondary N) is 1. The Kier molecular flexibility index (Phi) is 4.75. The molecule has 8 heteroatoms. The number of aryl methyl sites for hydroxylation is 2. The van der Waals surface area contributed by atoms with Crippen LogP contribution in [0.2, 0.25) is 0 Å². The Balaban J connectivity index is 1.58. The summed E-state index contributed by atoms with van der Waals surface area (Å²) in [6, 6.07) is 6.19. The van der Waals surface area contributed by atoms with E-state index in [1.165, 1.54) is 6.07 Å². The van der Waals surface area contributed by atoms with Crippen LogP contribution < -0.4 is 5.32 Å². The van der Waals surface area contributed by atoms with Gasteiger partial charge in [0.25, 0.3) is 0 Å². The average molecular weight is 385 g/mol. The number of fused-ring (bicyclic) bond motifs is 1. The molecule has 0 aliphatic carbocycles. The van der Waals surface area contributed by atoms with Crippen LogP contribution in [0.15, 0.2) is 36.7 Å². The molecule has 1 amide bonds. The second-order valence-corrected chi connectivity index (χ2v) is 8.07. The first kappa shape index (κ1) is 17.8. The van der Waals surface area contributed by atoms with Crippen LogP contribution in [0, 0.1) is 12.7 Å². The summed E-state index contributed by atoms with van der Waals surface area (Å²) in [6.45, 7) is 3.96. The molecule has 0 radical (unpaired) electrons. The van der Waals surface area contributed by atoms with Crippen LogP contribution in [0.1, 0.15) is 27.1 Å². The molecule has 2 aromatic heterocycles. The van der Waals surface area contributed by atoms with Crippen LogP contribution in [0.5, 0.6) is 0 Å². The van der Waals surface area contributed by atoms with E-state index in [9.17, 15) is 9.18 Å². The molecule has 0 spiro atoms. The molecule has 140 valence electrons. The van der Waals surface area contributed by atoms with Crippen LogP contribution in [-0.4, -0.2) is 32.1 Å². The van der Waals surface area contributed by atoms with Crippen LogP contribution in [0.25, 0.3) is 0 Å². The normalized spacial score (nSPS) is 16.9. The van der Waals surface area contributed by atoms with Gasteiger partial charge in [-0.1, -0.05) is 12.1 Å². The van der Waals surface area contributed by atoms with Gasteiger partial charge in [-0.2, -0.15) is 5.10 Å². The van der Waals surface area contributed by atoms with E-state index in [4.69, 9.17) is 0 Å². The number of rotatable bonds is 4. The molecule has 1 unspecified atom stereocenters. The highest BCUT2D eigenvalue weighted by atomic mass is 32.1. The van der Waals surface area contributed by atoms with Crippen LogP contribution in [0.3, 0.4) is 0 Å². The van der Waals surface area contributed by atoms with E-state index in [1.807, 2.05) is 26.4 Å². The zero-order valence-corrected chi connectivity index (χ0v) is 16.0. The van der Waals surface area contributed by atoms with Crippen molar-refractivity contribution in [2.75, 3.05) is 11.9 Å². The second kappa shape index (κ2) is 7.21. The number of carbonyl (C=O) groups is 1. The number of nitrogens with zero attached hydrogens (tertiary/aromatic N) is 4. The van der Waals surface area contributed by atoms with Gasteiger partial charge in [-0.25, -0.2) is 9.37 Å². The van der Waals surface area contributed by atoms with Crippen molar-refractivity contribution < 1.29 is 9.18 Å². The summed E-state index contributed by atoms with van der Waals surface area (Å²) in [6.07, 6.45) is 3.83. The quantitative estimate of drug-likeness (QED) is 0.750. The van der Waals surface area contributed by atoms with Crippen molar-refractivity contribution in [1.82, 2.24) is 19.7 Å². The van der Waals surface area contributed by atoms with Gasteiger partial charge >= 0.3 is 0 Å². The Bertz CT molecular complexity index is 982. The highest BCUT2D eigenvalue weighted by Gasteiger charge is 2.33. The summed E-state index contributed by atoms with van der Waals surface area (Å²) >= 11 is 1.66. The third-order valence-corrected chi connectivity index (χ3v) is 5.50. The van der Waals surface area contributed by atoms with E-state index < -0.39 is 11.7 Å². The first-order valence-electron chi connectivity index (χ1n) is 8.71. The molecular formula is C19H20FN5OS. The van der Waals surface area contributed by atoms with Gasteiger partial charge in [-0.05, 0) is 19.1 Å². The van der Waals surface area contributed by atoms with Crippen molar-refractivity contribution in [1.29, 1.82) is 0 Å². The van der Waals surface area contributed by atoms with E-state index >= 15 is 0 Å². The summed E-state index contributed by atoms with van der Waals surface area (Å²) in [5.74, 6) is -1.14. The number of halogens is 1. The fourth-order valence-electron chi connectivity index (χ4n) is 3.43. The Morgan fingerprint density at radius 3 is 2.96 bits per heavy atom. The lowest BCUT2D eigenvalue weighted by atomic mass is 9.95. The van der Waals surface area contributed by atoms with E-state index in [-0.39, 0.29) is 11.6 Å². The van der Waals surface area contributed by atoms with Gasteiger partial charge < -0.3 is 5.32 Å². The molecule has 0 fully saturated rings. The summed E-state index contributed by atoms with van der Waals surface area (Å²) < 4.78 is 15.7. The molecule has 27 heavy (non-hydrogen) atoms. The third kappa shape index (κ3) is 3.77. The van der Waals surface area contributed by atoms with Crippen LogP contribution in [0.4, 0.5) is 10.1 Å². The van der Waals surface area contributed by atoms with E-state index in [1.54, 1.807) is 34.2 Å². The fraction of sp³-hybridized carbons (Fsp3) is 0.316. The topological polar surface area (TPSA) is 63.1 Å². The second-order valence-electron chi connectivity index (χ2n) is 6.75. The van der Waals surface area contributed by atoms with Gasteiger partial charge in [-0.3, -0.25) is 14.4 Å². The number of hydrogen-bond acceptors (Lipinski definition) is 5. The molecule has 3 aromatic rings. The van der Waals surface area contributed by atoms with Crippen LogP contribution in [-0.2, 0) is 24.9 Å². The minimum atomic E-state index is -0.455. The molecule has 1 N–H and O–H groups in total. The molecule has 0 bridgehead atoms. The van der Waals surface area contributed by atoms with E-state index in [0.29, 0.717) is 6.54 Å². The molecular weight excluding hydrogens is 365 g/mol. The van der Waals surface area contributed by atoms with Gasteiger partial charge in [0.2, 0.25) is 5.91 Å². The summed E-state index contributed by atoms with van der Waals surface area (Å²) in [5, 5.41) is 8.23. The van der Waals surface area contributed by atoms with Gasteiger partial charge in [0.05, 0.1) is 22.3 Å². The number of thiazole rings is 1. The third-order valence-electron chi connectivity index (χ3n) is 4.60. The number of anilines is 1. The van der Waals surface area contributed by atoms with Gasteiger partial charge in [0, 0.05) is 49.5 Å². The van der Waals surface area contributed by atoms with Crippen molar-refractivity contribution in [3.8, 4) is 0 Å². The lowest BCUT2D eigenvalue weighted by Gasteiger charge is -2.30. The summed E-state index contributed by atoms with van der Waals surface area (Å²) in [4.78, 5) is 20.6. The van der Waals surface area contributed by atoms with E-state index in [2.05, 4.69) is 20.3 Å². The monoisotopic (exact) mass is 385 g/mol. The highest BCUT2D eigenvalue weighted by Crippen LogP contribution is 2.30. The Labute approximate surface area is 160 Å². The molecule has 1 atom stereocenters. The average Bonchev–Trinajstić information content (AvgIpc) is 3.20. The fourth-order valence-corrected chi connectivity index (χ4v) is 4.27. The number of hydrogen-bond donors (Lipinski definition) is 1. The zero-order valence-electron chi connectivity index (χ0n) is 15.1. The number of amides is 1. The standard InChI is InChI=1S/C19H20FN5OS/c1-12-21-7-14(27-12)10-25-9-13-8-24(2)23-18(13)15(11-25)19(26)22-17-6-4-3-5-16(17)20/h3-8,15H,9-11H2,1-2H3,(H,22,26). The Morgan fingerprint density at radius 1 is 1.41 bits per heavy atom. The maximum Gasteiger partial charge on any atom is 0.234 e. The summed E-state index contributed by atoms with van der Waals surface area (Å²) in [5.41, 5.74) is 1.98. The van der Waals surface area contributed by atoms with Crippen molar-refractivity contribution in [2.45, 2.75) is 25.9 Å². The Morgan fingerprint density at radius 2 is 2.22 bits per heavy atom. The van der Waals surface area contributed by atoms with Crippen molar-refractivity contribution in [2.24, 2.45) is 7.05 Å². The van der Waals surface area contributed by atoms with Crippen molar-refractivity contribution in [3.05, 3.63) is 63.6 Å². The maximum atomic E-state index is 13.9. The number of aromatic nitrogens is 3. The predicted octanol–water partition coefficient (Wildman–Crippen LogP) is 3.06. The SMILES string of the molecule is Cc1ncc(CN2Cc3cn(C)nc3C(C(=O)Nc3ccccc3F)C2)s1. The molecule has 4 rings (SSSR count). The highest BCUT2D eigenvalue weighted by molar-refractivity contribution is 7.11. The summed E-state index contributed by atoms with van der Waals surface area (Å²) in [7, 11) is 1.85. The lowest BCUT2D eigenvalue weighted by Crippen LogP contribution is -2.38. The molecule has 1 aromatic carbocycles. The number of carbonyl (C=O) groups excluding carboxylic acids is 1.